The number of primary amides is 1. The topological polar surface area (TPSA) is 133 Å². The van der Waals surface area contributed by atoms with Gasteiger partial charge in [0.25, 0.3) is 5.91 Å². The highest BCUT2D eigenvalue weighted by Crippen LogP contribution is 2.17. The largest absolute Gasteiger partial charge is 0.449 e. The van der Waals surface area contributed by atoms with Crippen LogP contribution in [0.5, 0.6) is 0 Å². The standard InChI is InChI=1S/C18H18N2O6S/c1-11(17(22)20-13-9-7-12(8-10-13)16(19)21)26-18(23)14-5-3-4-6-15(14)27(2,24)25/h3-11H,1-2H3,(H2,19,21)(H,20,22)/t11-/m1/s1. The van der Waals surface area contributed by atoms with Gasteiger partial charge < -0.3 is 15.8 Å². The van der Waals surface area contributed by atoms with Crippen LogP contribution in [0.1, 0.15) is 27.6 Å². The Morgan fingerprint density at radius 2 is 1.63 bits per heavy atom. The number of amides is 2. The van der Waals surface area contributed by atoms with Crippen LogP contribution in [0.3, 0.4) is 0 Å². The lowest BCUT2D eigenvalue weighted by Crippen LogP contribution is -2.30. The van der Waals surface area contributed by atoms with Gasteiger partial charge in [0.2, 0.25) is 5.91 Å². The van der Waals surface area contributed by atoms with Gasteiger partial charge >= 0.3 is 5.97 Å². The van der Waals surface area contributed by atoms with E-state index in [9.17, 15) is 22.8 Å². The lowest BCUT2D eigenvalue weighted by Gasteiger charge is -2.15. The van der Waals surface area contributed by atoms with Gasteiger partial charge in [0, 0.05) is 17.5 Å². The first-order chi connectivity index (χ1) is 12.6. The van der Waals surface area contributed by atoms with E-state index in [2.05, 4.69) is 5.32 Å². The summed E-state index contributed by atoms with van der Waals surface area (Å²) in [6.07, 6.45) is -0.203. The number of rotatable bonds is 6. The molecule has 0 fully saturated rings. The van der Waals surface area contributed by atoms with Gasteiger partial charge in [-0.05, 0) is 43.3 Å². The molecule has 0 aliphatic carbocycles. The fourth-order valence-corrected chi connectivity index (χ4v) is 3.07. The summed E-state index contributed by atoms with van der Waals surface area (Å²) in [5, 5.41) is 2.52. The number of nitrogens with one attached hydrogen (secondary N) is 1. The van der Waals surface area contributed by atoms with E-state index in [1.807, 2.05) is 0 Å². The summed E-state index contributed by atoms with van der Waals surface area (Å²) in [6, 6.07) is 11.4. The third kappa shape index (κ3) is 5.14. The predicted molar refractivity (Wildman–Crippen MR) is 98.0 cm³/mol. The van der Waals surface area contributed by atoms with Crippen molar-refractivity contribution in [1.29, 1.82) is 0 Å². The van der Waals surface area contributed by atoms with Crippen LogP contribution in [-0.2, 0) is 19.4 Å². The number of carbonyl (C=O) groups is 3. The van der Waals surface area contributed by atoms with E-state index >= 15 is 0 Å². The highest BCUT2D eigenvalue weighted by molar-refractivity contribution is 7.90. The fourth-order valence-electron chi connectivity index (χ4n) is 2.20. The summed E-state index contributed by atoms with van der Waals surface area (Å²) in [5.74, 6) is -2.14. The molecule has 0 unspecified atom stereocenters. The molecule has 27 heavy (non-hydrogen) atoms. The maximum Gasteiger partial charge on any atom is 0.340 e. The molecule has 0 aliphatic heterocycles. The summed E-state index contributed by atoms with van der Waals surface area (Å²) in [7, 11) is -3.63. The number of sulfone groups is 1. The van der Waals surface area contributed by atoms with Crippen LogP contribution < -0.4 is 11.1 Å². The molecule has 0 heterocycles. The van der Waals surface area contributed by atoms with Crippen molar-refractivity contribution in [2.45, 2.75) is 17.9 Å². The SMILES string of the molecule is C[C@@H](OC(=O)c1ccccc1S(C)(=O)=O)C(=O)Nc1ccc(C(N)=O)cc1. The summed E-state index contributed by atoms with van der Waals surface area (Å²) in [4.78, 5) is 35.3. The van der Waals surface area contributed by atoms with Gasteiger partial charge in [-0.3, -0.25) is 9.59 Å². The number of carbonyl (C=O) groups excluding carboxylic acids is 3. The molecule has 2 amide bonds. The molecule has 1 atom stereocenters. The molecule has 0 aromatic heterocycles. The fraction of sp³-hybridized carbons (Fsp3) is 0.167. The van der Waals surface area contributed by atoms with E-state index in [0.717, 1.165) is 6.26 Å². The van der Waals surface area contributed by atoms with Crippen LogP contribution in [0.25, 0.3) is 0 Å². The lowest BCUT2D eigenvalue weighted by molar-refractivity contribution is -0.123. The van der Waals surface area contributed by atoms with E-state index in [-0.39, 0.29) is 16.0 Å². The Hall–Kier alpha value is -3.20. The van der Waals surface area contributed by atoms with Crippen molar-refractivity contribution >= 4 is 33.3 Å². The van der Waals surface area contributed by atoms with Crippen LogP contribution in [0.2, 0.25) is 0 Å². The van der Waals surface area contributed by atoms with Gasteiger partial charge in [0.15, 0.2) is 15.9 Å². The number of ether oxygens (including phenoxy) is 1. The van der Waals surface area contributed by atoms with Gasteiger partial charge in [-0.2, -0.15) is 0 Å². The highest BCUT2D eigenvalue weighted by Gasteiger charge is 2.23. The second kappa shape index (κ2) is 8.00. The minimum absolute atomic E-state index is 0.148. The molecule has 3 N–H and O–H groups in total. The second-order valence-corrected chi connectivity index (χ2v) is 7.73. The van der Waals surface area contributed by atoms with Crippen LogP contribution in [0.15, 0.2) is 53.4 Å². The minimum Gasteiger partial charge on any atom is -0.449 e. The number of benzene rings is 2. The van der Waals surface area contributed by atoms with E-state index in [1.165, 1.54) is 55.5 Å². The van der Waals surface area contributed by atoms with Crippen LogP contribution in [0, 0.1) is 0 Å². The van der Waals surface area contributed by atoms with Crippen LogP contribution >= 0.6 is 0 Å². The Kier molecular flexibility index (Phi) is 5.96. The molecular weight excluding hydrogens is 372 g/mol. The quantitative estimate of drug-likeness (QED) is 0.716. The maximum atomic E-state index is 12.3. The molecule has 0 radical (unpaired) electrons. The second-order valence-electron chi connectivity index (χ2n) is 5.75. The molecular formula is C18H18N2O6S. The number of nitrogens with two attached hydrogens (primary N) is 1. The van der Waals surface area contributed by atoms with E-state index in [1.54, 1.807) is 0 Å². The molecule has 0 saturated heterocycles. The van der Waals surface area contributed by atoms with Gasteiger partial charge in [0.05, 0.1) is 10.5 Å². The van der Waals surface area contributed by atoms with Crippen LogP contribution in [0.4, 0.5) is 5.69 Å². The van der Waals surface area contributed by atoms with Crippen molar-refractivity contribution in [2.24, 2.45) is 5.73 Å². The molecule has 0 bridgehead atoms. The van der Waals surface area contributed by atoms with E-state index in [4.69, 9.17) is 10.5 Å². The highest BCUT2D eigenvalue weighted by atomic mass is 32.2. The lowest BCUT2D eigenvalue weighted by atomic mass is 10.2. The zero-order valence-electron chi connectivity index (χ0n) is 14.6. The number of hydrogen-bond acceptors (Lipinski definition) is 6. The molecule has 2 rings (SSSR count). The van der Waals surface area contributed by atoms with Gasteiger partial charge in [-0.25, -0.2) is 13.2 Å². The van der Waals surface area contributed by atoms with Gasteiger partial charge in [0.1, 0.15) is 0 Å². The summed E-state index contributed by atoms with van der Waals surface area (Å²) >= 11 is 0. The number of esters is 1. The van der Waals surface area contributed by atoms with Crippen LogP contribution in [-0.4, -0.2) is 38.6 Å². The smallest absolute Gasteiger partial charge is 0.340 e. The number of anilines is 1. The zero-order valence-corrected chi connectivity index (χ0v) is 15.4. The molecule has 0 saturated carbocycles. The monoisotopic (exact) mass is 390 g/mol. The van der Waals surface area contributed by atoms with Crippen molar-refractivity contribution in [3.8, 4) is 0 Å². The first-order valence-corrected chi connectivity index (χ1v) is 9.69. The molecule has 2 aromatic carbocycles. The normalized spacial score (nSPS) is 12.1. The number of hydrogen-bond donors (Lipinski definition) is 2. The first kappa shape index (κ1) is 20.1. The summed E-state index contributed by atoms with van der Waals surface area (Å²) in [5.41, 5.74) is 5.65. The van der Waals surface area contributed by atoms with Crippen molar-refractivity contribution in [3.63, 3.8) is 0 Å². The first-order valence-electron chi connectivity index (χ1n) is 7.80. The van der Waals surface area contributed by atoms with Crippen molar-refractivity contribution in [2.75, 3.05) is 11.6 Å². The molecule has 0 aliphatic rings. The summed E-state index contributed by atoms with van der Waals surface area (Å²) in [6.45, 7) is 1.36. The Balaban J connectivity index is 2.08. The van der Waals surface area contributed by atoms with Crippen molar-refractivity contribution < 1.29 is 27.5 Å². The zero-order chi connectivity index (χ0) is 20.2. The van der Waals surface area contributed by atoms with E-state index < -0.39 is 33.7 Å². The van der Waals surface area contributed by atoms with E-state index in [0.29, 0.717) is 5.69 Å². The predicted octanol–water partition coefficient (Wildman–Crippen LogP) is 1.37. The van der Waals surface area contributed by atoms with Crippen molar-refractivity contribution in [1.82, 2.24) is 0 Å². The molecule has 142 valence electrons. The Bertz CT molecular complexity index is 983. The average Bonchev–Trinajstić information content (AvgIpc) is 2.61. The van der Waals surface area contributed by atoms with Crippen molar-refractivity contribution in [3.05, 3.63) is 59.7 Å². The third-order valence-electron chi connectivity index (χ3n) is 3.60. The minimum atomic E-state index is -3.63. The third-order valence-corrected chi connectivity index (χ3v) is 4.75. The molecule has 9 heteroatoms. The molecule has 8 nitrogen and oxygen atoms in total. The van der Waals surface area contributed by atoms with Gasteiger partial charge in [-0.1, -0.05) is 12.1 Å². The average molecular weight is 390 g/mol. The summed E-state index contributed by atoms with van der Waals surface area (Å²) < 4.78 is 28.6. The Morgan fingerprint density at radius 3 is 2.19 bits per heavy atom. The van der Waals surface area contributed by atoms with Gasteiger partial charge in [-0.15, -0.1) is 0 Å². The Morgan fingerprint density at radius 1 is 1.04 bits per heavy atom. The molecule has 0 spiro atoms. The molecule has 2 aromatic rings. The Labute approximate surface area is 156 Å². The maximum absolute atomic E-state index is 12.3.